The molecule has 14 heteroatoms. The molecule has 2 N–H and O–H groups in total. The van der Waals surface area contributed by atoms with E-state index in [9.17, 15) is 14.4 Å². The maximum Gasteiger partial charge on any atom is 0.332 e. The van der Waals surface area contributed by atoms with Crippen molar-refractivity contribution in [2.75, 3.05) is 17.7 Å². The molecule has 0 saturated heterocycles. The lowest BCUT2D eigenvalue weighted by Gasteiger charge is -2.05. The van der Waals surface area contributed by atoms with Crippen LogP contribution in [0.2, 0.25) is 0 Å². The van der Waals surface area contributed by atoms with Gasteiger partial charge in [0, 0.05) is 26.8 Å². The van der Waals surface area contributed by atoms with E-state index in [0.29, 0.717) is 31.6 Å². The van der Waals surface area contributed by atoms with Gasteiger partial charge in [-0.2, -0.15) is 0 Å². The van der Waals surface area contributed by atoms with Crippen molar-refractivity contribution in [1.29, 1.82) is 0 Å². The number of nitrogens with one attached hydrogen (secondary N) is 2. The number of hydrogen-bond acceptors (Lipinski definition) is 9. The fraction of sp³-hybridized carbons (Fsp3) is 0.222. The zero-order valence-electron chi connectivity index (χ0n) is 17.4. The van der Waals surface area contributed by atoms with E-state index in [1.54, 1.807) is 50.0 Å². The lowest BCUT2D eigenvalue weighted by Crippen LogP contribution is -2.37. The molecule has 0 atom stereocenters. The Hall–Kier alpha value is -3.65. The lowest BCUT2D eigenvalue weighted by molar-refractivity contribution is 0.262. The zero-order chi connectivity index (χ0) is 23.0. The molecule has 4 aromatic rings. The summed E-state index contributed by atoms with van der Waals surface area (Å²) in [6.07, 6.45) is 0. The summed E-state index contributed by atoms with van der Waals surface area (Å²) in [4.78, 5) is 41.3. The summed E-state index contributed by atoms with van der Waals surface area (Å²) in [6, 6.07) is 6.42. The first-order valence-corrected chi connectivity index (χ1v) is 10.8. The van der Waals surface area contributed by atoms with Gasteiger partial charge in [-0.3, -0.25) is 19.2 Å². The maximum absolute atomic E-state index is 12.5. The van der Waals surface area contributed by atoms with Crippen molar-refractivity contribution in [3.8, 4) is 5.75 Å². The largest absolute Gasteiger partial charge is 0.497 e. The first kappa shape index (κ1) is 21.6. The summed E-state index contributed by atoms with van der Waals surface area (Å²) in [6.45, 7) is 0. The Balaban J connectivity index is 1.50. The minimum atomic E-state index is -0.468. The van der Waals surface area contributed by atoms with Gasteiger partial charge >= 0.3 is 11.7 Å². The van der Waals surface area contributed by atoms with Crippen molar-refractivity contribution < 1.29 is 9.53 Å². The van der Waals surface area contributed by atoms with Crippen LogP contribution in [0.4, 0.5) is 15.6 Å². The third-order valence-electron chi connectivity index (χ3n) is 4.59. The van der Waals surface area contributed by atoms with Crippen molar-refractivity contribution in [2.45, 2.75) is 9.50 Å². The van der Waals surface area contributed by atoms with E-state index in [1.807, 2.05) is 0 Å². The van der Waals surface area contributed by atoms with E-state index in [2.05, 4.69) is 25.8 Å². The van der Waals surface area contributed by atoms with Gasteiger partial charge in [0.15, 0.2) is 20.7 Å². The fourth-order valence-electron chi connectivity index (χ4n) is 2.90. The summed E-state index contributed by atoms with van der Waals surface area (Å²) in [7, 11) is 6.23. The van der Waals surface area contributed by atoms with Gasteiger partial charge in [-0.25, -0.2) is 14.6 Å². The molecular weight excluding hydrogens is 456 g/mol. The highest BCUT2D eigenvalue weighted by molar-refractivity contribution is 8.01. The van der Waals surface area contributed by atoms with Crippen LogP contribution in [0, 0.1) is 0 Å². The van der Waals surface area contributed by atoms with Crippen LogP contribution in [0.15, 0.2) is 43.4 Å². The monoisotopic (exact) mass is 474 g/mol. The number of methoxy groups -OCH3 is 1. The SMILES string of the molecule is COc1ccc(NC(=O)Nc2nnc(Sc3nc4c(c(=O)n(C)c(=O)n4C)n3C)s2)cc1. The Morgan fingerprint density at radius 2 is 1.75 bits per heavy atom. The van der Waals surface area contributed by atoms with Crippen LogP contribution in [0.3, 0.4) is 0 Å². The molecule has 3 aromatic heterocycles. The van der Waals surface area contributed by atoms with E-state index in [-0.39, 0.29) is 5.65 Å². The van der Waals surface area contributed by atoms with Crippen LogP contribution in [0.25, 0.3) is 11.2 Å². The number of benzene rings is 1. The molecule has 0 aliphatic carbocycles. The molecule has 0 aliphatic heterocycles. The number of carbonyl (C=O) groups excluding carboxylic acids is 1. The summed E-state index contributed by atoms with van der Waals surface area (Å²) < 4.78 is 9.54. The number of aromatic nitrogens is 6. The molecule has 0 radical (unpaired) electrons. The second kappa shape index (κ2) is 8.47. The number of nitrogens with zero attached hydrogens (tertiary/aromatic N) is 6. The van der Waals surface area contributed by atoms with E-state index in [1.165, 1.54) is 23.4 Å². The minimum Gasteiger partial charge on any atom is -0.497 e. The van der Waals surface area contributed by atoms with Crippen LogP contribution < -0.4 is 26.6 Å². The van der Waals surface area contributed by atoms with Gasteiger partial charge in [0.1, 0.15) is 5.75 Å². The maximum atomic E-state index is 12.5. The number of anilines is 2. The van der Waals surface area contributed by atoms with E-state index >= 15 is 0 Å². The first-order chi connectivity index (χ1) is 15.3. The second-order valence-corrected chi connectivity index (χ2v) is 8.81. The van der Waals surface area contributed by atoms with E-state index in [4.69, 9.17) is 4.74 Å². The zero-order valence-corrected chi connectivity index (χ0v) is 19.1. The summed E-state index contributed by atoms with van der Waals surface area (Å²) in [5.74, 6) is 0.682. The van der Waals surface area contributed by atoms with Gasteiger partial charge in [-0.15, -0.1) is 10.2 Å². The highest BCUT2D eigenvalue weighted by Gasteiger charge is 2.19. The van der Waals surface area contributed by atoms with Crippen molar-refractivity contribution in [3.63, 3.8) is 0 Å². The van der Waals surface area contributed by atoms with Crippen LogP contribution in [0.1, 0.15) is 0 Å². The number of imidazole rings is 1. The molecule has 4 rings (SSSR count). The molecule has 0 saturated carbocycles. The standard InChI is InChI=1S/C18H18N8O4S2/c1-24-11-12(25(2)18(29)26(3)13(11)27)20-16(24)32-17-23-22-15(31-17)21-14(28)19-9-5-7-10(30-4)8-6-9/h5-8H,1-4H3,(H2,19,21,22,28). The number of urea groups is 1. The van der Waals surface area contributed by atoms with Gasteiger partial charge in [-0.1, -0.05) is 11.3 Å². The molecule has 1 aromatic carbocycles. The minimum absolute atomic E-state index is 0.282. The Bertz CT molecular complexity index is 1430. The van der Waals surface area contributed by atoms with E-state index in [0.717, 1.165) is 15.9 Å². The van der Waals surface area contributed by atoms with Crippen LogP contribution in [-0.4, -0.2) is 42.0 Å². The van der Waals surface area contributed by atoms with Gasteiger partial charge in [-0.05, 0) is 36.0 Å². The Kier molecular flexibility index (Phi) is 5.71. The summed E-state index contributed by atoms with van der Waals surface area (Å²) >= 11 is 2.32. The Labute approximate surface area is 188 Å². The van der Waals surface area contributed by atoms with Gasteiger partial charge in [0.2, 0.25) is 5.13 Å². The molecule has 32 heavy (non-hydrogen) atoms. The molecule has 0 unspecified atom stereocenters. The molecule has 166 valence electrons. The third kappa shape index (κ3) is 3.97. The molecule has 2 amide bonds. The highest BCUT2D eigenvalue weighted by atomic mass is 32.2. The fourth-order valence-corrected chi connectivity index (χ4v) is 4.60. The number of rotatable bonds is 5. The molecule has 0 aliphatic rings. The van der Waals surface area contributed by atoms with Crippen molar-refractivity contribution in [3.05, 3.63) is 45.1 Å². The van der Waals surface area contributed by atoms with Gasteiger partial charge < -0.3 is 14.6 Å². The lowest BCUT2D eigenvalue weighted by atomic mass is 10.3. The number of hydrogen-bond donors (Lipinski definition) is 2. The summed E-state index contributed by atoms with van der Waals surface area (Å²) in [5, 5.41) is 14.1. The van der Waals surface area contributed by atoms with Gasteiger partial charge in [0.05, 0.1) is 7.11 Å². The summed E-state index contributed by atoms with van der Waals surface area (Å²) in [5.41, 5.74) is 0.292. The third-order valence-corrected chi connectivity index (χ3v) is 6.53. The second-order valence-electron chi connectivity index (χ2n) is 6.61. The molecule has 12 nitrogen and oxygen atoms in total. The normalized spacial score (nSPS) is 11.0. The molecule has 0 spiro atoms. The quantitative estimate of drug-likeness (QED) is 0.416. The average molecular weight is 475 g/mol. The number of amides is 2. The van der Waals surface area contributed by atoms with E-state index < -0.39 is 17.3 Å². The molecule has 3 heterocycles. The number of carbonyl (C=O) groups is 1. The van der Waals surface area contributed by atoms with Gasteiger partial charge in [0.25, 0.3) is 5.56 Å². The number of fused-ring (bicyclic) bond motifs is 1. The average Bonchev–Trinajstić information content (AvgIpc) is 3.35. The van der Waals surface area contributed by atoms with Crippen LogP contribution in [0.5, 0.6) is 5.75 Å². The van der Waals surface area contributed by atoms with Crippen LogP contribution >= 0.6 is 23.1 Å². The van der Waals surface area contributed by atoms with Crippen molar-refractivity contribution in [2.24, 2.45) is 21.1 Å². The predicted molar refractivity (Wildman–Crippen MR) is 121 cm³/mol. The smallest absolute Gasteiger partial charge is 0.332 e. The van der Waals surface area contributed by atoms with Crippen molar-refractivity contribution in [1.82, 2.24) is 28.9 Å². The van der Waals surface area contributed by atoms with Crippen molar-refractivity contribution >= 4 is 51.1 Å². The molecular formula is C18H18N8O4S2. The Morgan fingerprint density at radius 3 is 2.44 bits per heavy atom. The first-order valence-electron chi connectivity index (χ1n) is 9.14. The topological polar surface area (TPSA) is 138 Å². The van der Waals surface area contributed by atoms with Crippen LogP contribution in [-0.2, 0) is 21.1 Å². The predicted octanol–water partition coefficient (Wildman–Crippen LogP) is 1.63. The number of aryl methyl sites for hydroxylation is 2. The Morgan fingerprint density at radius 1 is 1.03 bits per heavy atom. The number of ether oxygens (including phenoxy) is 1. The molecule has 0 fully saturated rings. The molecule has 0 bridgehead atoms. The highest BCUT2D eigenvalue weighted by Crippen LogP contribution is 2.32.